The number of nitrogens with zero attached hydrogens (tertiary/aromatic N) is 2. The maximum Gasteiger partial charge on any atom is 0.340 e. The van der Waals surface area contributed by atoms with Gasteiger partial charge in [-0.1, -0.05) is 12.7 Å². The van der Waals surface area contributed by atoms with E-state index in [4.69, 9.17) is 4.74 Å². The summed E-state index contributed by atoms with van der Waals surface area (Å²) in [4.78, 5) is 14.9. The van der Waals surface area contributed by atoms with E-state index < -0.39 is 0 Å². The fourth-order valence-corrected chi connectivity index (χ4v) is 3.27. The van der Waals surface area contributed by atoms with Gasteiger partial charge in [0.05, 0.1) is 11.3 Å². The monoisotopic (exact) mass is 324 g/mol. The predicted molar refractivity (Wildman–Crippen MR) is 96.9 cm³/mol. The average molecular weight is 324 g/mol. The van der Waals surface area contributed by atoms with Crippen molar-refractivity contribution in [1.29, 1.82) is 0 Å². The van der Waals surface area contributed by atoms with Crippen LogP contribution in [0.3, 0.4) is 0 Å². The molecule has 2 aromatic rings. The van der Waals surface area contributed by atoms with Crippen molar-refractivity contribution in [2.24, 2.45) is 0 Å². The van der Waals surface area contributed by atoms with Crippen LogP contribution in [0, 0.1) is 0 Å². The standard InChI is InChI=1S/C20H24N2O2/c1-3-14-24-20(23)18-15-17(21-11-6-7-12-21)9-10-19(18)22-13-5-4-8-16(22)2/h3,6-7,9-12,15-16H,1,4-5,8,13-14H2,2H3/t16-/m1/s1. The molecule has 1 atom stereocenters. The highest BCUT2D eigenvalue weighted by Gasteiger charge is 2.24. The maximum absolute atomic E-state index is 12.6. The third-order valence-corrected chi connectivity index (χ3v) is 4.55. The lowest BCUT2D eigenvalue weighted by molar-refractivity contribution is 0.0550. The van der Waals surface area contributed by atoms with E-state index in [9.17, 15) is 4.79 Å². The highest BCUT2D eigenvalue weighted by atomic mass is 16.5. The van der Waals surface area contributed by atoms with Crippen molar-refractivity contribution >= 4 is 11.7 Å². The molecule has 4 heteroatoms. The van der Waals surface area contributed by atoms with E-state index >= 15 is 0 Å². The van der Waals surface area contributed by atoms with Gasteiger partial charge in [-0.2, -0.15) is 0 Å². The minimum absolute atomic E-state index is 0.224. The fourth-order valence-electron chi connectivity index (χ4n) is 3.27. The summed E-state index contributed by atoms with van der Waals surface area (Å²) in [5, 5.41) is 0. The quantitative estimate of drug-likeness (QED) is 0.611. The third kappa shape index (κ3) is 3.37. The molecular formula is C20H24N2O2. The largest absolute Gasteiger partial charge is 0.458 e. The second-order valence-electron chi connectivity index (χ2n) is 6.22. The van der Waals surface area contributed by atoms with Gasteiger partial charge in [-0.3, -0.25) is 0 Å². The van der Waals surface area contributed by atoms with Gasteiger partial charge in [-0.15, -0.1) is 0 Å². The molecule has 0 aliphatic carbocycles. The number of carbonyl (C=O) groups excluding carboxylic acids is 1. The highest BCUT2D eigenvalue weighted by molar-refractivity contribution is 5.96. The van der Waals surface area contributed by atoms with Gasteiger partial charge in [0.2, 0.25) is 0 Å². The summed E-state index contributed by atoms with van der Waals surface area (Å²) in [5.74, 6) is -0.295. The molecule has 1 fully saturated rings. The van der Waals surface area contributed by atoms with Gasteiger partial charge in [-0.05, 0) is 56.5 Å². The van der Waals surface area contributed by atoms with E-state index in [1.54, 1.807) is 6.08 Å². The van der Waals surface area contributed by atoms with E-state index in [-0.39, 0.29) is 12.6 Å². The molecule has 0 bridgehead atoms. The minimum Gasteiger partial charge on any atom is -0.458 e. The van der Waals surface area contributed by atoms with Crippen molar-refractivity contribution in [3.05, 3.63) is 60.9 Å². The van der Waals surface area contributed by atoms with Gasteiger partial charge < -0.3 is 14.2 Å². The Balaban J connectivity index is 2.00. The summed E-state index contributed by atoms with van der Waals surface area (Å²) in [5.41, 5.74) is 2.54. The van der Waals surface area contributed by atoms with Gasteiger partial charge in [0.25, 0.3) is 0 Å². The van der Waals surface area contributed by atoms with Gasteiger partial charge in [0.15, 0.2) is 0 Å². The molecule has 4 nitrogen and oxygen atoms in total. The zero-order valence-electron chi connectivity index (χ0n) is 14.1. The Hall–Kier alpha value is -2.49. The number of benzene rings is 1. The molecule has 1 aliphatic rings. The van der Waals surface area contributed by atoms with E-state index in [0.717, 1.165) is 30.8 Å². The molecule has 126 valence electrons. The molecule has 0 spiro atoms. The maximum atomic E-state index is 12.6. The zero-order chi connectivity index (χ0) is 16.9. The first kappa shape index (κ1) is 16.4. The first-order chi connectivity index (χ1) is 11.7. The smallest absolute Gasteiger partial charge is 0.340 e. The van der Waals surface area contributed by atoms with E-state index in [2.05, 4.69) is 24.5 Å². The molecule has 0 N–H and O–H groups in total. The Bertz CT molecular complexity index is 706. The number of anilines is 1. The number of carbonyl (C=O) groups is 1. The normalized spacial score (nSPS) is 17.5. The summed E-state index contributed by atoms with van der Waals surface area (Å²) < 4.78 is 7.32. The van der Waals surface area contributed by atoms with Crippen molar-refractivity contribution < 1.29 is 9.53 Å². The molecule has 3 rings (SSSR count). The zero-order valence-corrected chi connectivity index (χ0v) is 14.1. The molecule has 1 aliphatic heterocycles. The Morgan fingerprint density at radius 2 is 2.12 bits per heavy atom. The highest BCUT2D eigenvalue weighted by Crippen LogP contribution is 2.30. The Morgan fingerprint density at radius 3 is 2.83 bits per heavy atom. The van der Waals surface area contributed by atoms with E-state index in [0.29, 0.717) is 11.6 Å². The predicted octanol–water partition coefficient (Wildman–Crippen LogP) is 4.20. The lowest BCUT2D eigenvalue weighted by atomic mass is 10.0. The summed E-state index contributed by atoms with van der Waals surface area (Å²) in [6.45, 7) is 7.04. The number of hydrogen-bond donors (Lipinski definition) is 0. The second kappa shape index (κ2) is 7.39. The van der Waals surface area contributed by atoms with Gasteiger partial charge in [-0.25, -0.2) is 4.79 Å². The molecule has 2 heterocycles. The molecule has 1 aromatic carbocycles. The van der Waals surface area contributed by atoms with Crippen LogP contribution in [0.25, 0.3) is 5.69 Å². The van der Waals surface area contributed by atoms with Crippen LogP contribution in [0.2, 0.25) is 0 Å². The number of aromatic nitrogens is 1. The summed E-state index contributed by atoms with van der Waals surface area (Å²) in [6.07, 6.45) is 9.09. The summed E-state index contributed by atoms with van der Waals surface area (Å²) in [7, 11) is 0. The molecular weight excluding hydrogens is 300 g/mol. The van der Waals surface area contributed by atoms with Crippen LogP contribution in [0.4, 0.5) is 5.69 Å². The fraction of sp³-hybridized carbons (Fsp3) is 0.350. The Labute approximate surface area is 143 Å². The number of rotatable bonds is 5. The Kier molecular flexibility index (Phi) is 5.04. The number of hydrogen-bond acceptors (Lipinski definition) is 3. The van der Waals surface area contributed by atoms with Gasteiger partial charge in [0, 0.05) is 30.7 Å². The van der Waals surface area contributed by atoms with Crippen LogP contribution >= 0.6 is 0 Å². The average Bonchev–Trinajstić information content (AvgIpc) is 3.14. The first-order valence-electron chi connectivity index (χ1n) is 8.53. The Morgan fingerprint density at radius 1 is 1.33 bits per heavy atom. The van der Waals surface area contributed by atoms with Gasteiger partial charge >= 0.3 is 5.97 Å². The first-order valence-corrected chi connectivity index (χ1v) is 8.53. The number of piperidine rings is 1. The van der Waals surface area contributed by atoms with Crippen molar-refractivity contribution in [2.45, 2.75) is 32.2 Å². The number of ether oxygens (including phenoxy) is 1. The third-order valence-electron chi connectivity index (χ3n) is 4.55. The van der Waals surface area contributed by atoms with Crippen molar-refractivity contribution in [3.8, 4) is 5.69 Å². The molecule has 0 saturated carbocycles. The second-order valence-corrected chi connectivity index (χ2v) is 6.22. The van der Waals surface area contributed by atoms with Crippen LogP contribution < -0.4 is 4.90 Å². The van der Waals surface area contributed by atoms with Crippen molar-refractivity contribution in [1.82, 2.24) is 4.57 Å². The molecule has 24 heavy (non-hydrogen) atoms. The molecule has 0 unspecified atom stereocenters. The molecule has 1 aromatic heterocycles. The molecule has 0 radical (unpaired) electrons. The lowest BCUT2D eigenvalue weighted by Gasteiger charge is -2.36. The van der Waals surface area contributed by atoms with Crippen molar-refractivity contribution in [3.63, 3.8) is 0 Å². The minimum atomic E-state index is -0.295. The summed E-state index contributed by atoms with van der Waals surface area (Å²) >= 11 is 0. The SMILES string of the molecule is C=CCOC(=O)c1cc(-n2cccc2)ccc1N1CCCC[C@H]1C. The molecule has 0 amide bonds. The van der Waals surface area contributed by atoms with Crippen LogP contribution in [-0.2, 0) is 4.74 Å². The van der Waals surface area contributed by atoms with Crippen LogP contribution in [-0.4, -0.2) is 29.7 Å². The number of esters is 1. The lowest BCUT2D eigenvalue weighted by Crippen LogP contribution is -2.38. The van der Waals surface area contributed by atoms with Crippen molar-refractivity contribution in [2.75, 3.05) is 18.1 Å². The van der Waals surface area contributed by atoms with Crippen LogP contribution in [0.5, 0.6) is 0 Å². The van der Waals surface area contributed by atoms with Crippen LogP contribution in [0.1, 0.15) is 36.5 Å². The van der Waals surface area contributed by atoms with Crippen LogP contribution in [0.15, 0.2) is 55.4 Å². The van der Waals surface area contributed by atoms with E-state index in [1.165, 1.54) is 6.42 Å². The summed E-state index contributed by atoms with van der Waals surface area (Å²) in [6, 6.07) is 10.4. The van der Waals surface area contributed by atoms with E-state index in [1.807, 2.05) is 41.2 Å². The van der Waals surface area contributed by atoms with Gasteiger partial charge in [0.1, 0.15) is 6.61 Å². The topological polar surface area (TPSA) is 34.5 Å². The molecule has 1 saturated heterocycles.